The molecule has 2 rings (SSSR count). The maximum Gasteiger partial charge on any atom is 0.264 e. The van der Waals surface area contributed by atoms with Crippen LogP contribution in [0, 0.1) is 17.2 Å². The molecule has 0 saturated heterocycles. The Hall–Kier alpha value is -0.860. The predicted molar refractivity (Wildman–Crippen MR) is 86.0 cm³/mol. The molecule has 0 aromatic rings. The molecular formula is C15H20N2OS2. The van der Waals surface area contributed by atoms with Crippen molar-refractivity contribution in [3.63, 3.8) is 0 Å². The first-order valence-electron chi connectivity index (χ1n) is 7.17. The van der Waals surface area contributed by atoms with Crippen molar-refractivity contribution in [3.8, 4) is 6.07 Å². The summed E-state index contributed by atoms with van der Waals surface area (Å²) in [4.78, 5) is 11.9. The van der Waals surface area contributed by atoms with E-state index in [4.69, 9.17) is 5.26 Å². The Balaban J connectivity index is 2.01. The molecule has 5 heteroatoms. The van der Waals surface area contributed by atoms with Gasteiger partial charge in [0.05, 0.1) is 9.61 Å². The van der Waals surface area contributed by atoms with Crippen LogP contribution < -0.4 is 5.32 Å². The summed E-state index contributed by atoms with van der Waals surface area (Å²) in [6.45, 7) is 2.03. The summed E-state index contributed by atoms with van der Waals surface area (Å²) in [7, 11) is 0. The maximum absolute atomic E-state index is 11.9. The summed E-state index contributed by atoms with van der Waals surface area (Å²) in [6.07, 6.45) is 10.9. The number of thioether (sulfide) groups is 2. The number of hydrogen-bond acceptors (Lipinski definition) is 4. The van der Waals surface area contributed by atoms with Crippen LogP contribution in [-0.4, -0.2) is 17.0 Å². The van der Waals surface area contributed by atoms with Crippen molar-refractivity contribution in [2.24, 2.45) is 5.92 Å². The van der Waals surface area contributed by atoms with Crippen molar-refractivity contribution in [3.05, 3.63) is 22.0 Å². The zero-order valence-corrected chi connectivity index (χ0v) is 13.4. The Morgan fingerprint density at radius 3 is 2.80 bits per heavy atom. The van der Waals surface area contributed by atoms with Crippen molar-refractivity contribution in [2.75, 3.05) is 5.75 Å². The fourth-order valence-corrected chi connectivity index (χ4v) is 4.81. The van der Waals surface area contributed by atoms with Crippen molar-refractivity contribution in [2.45, 2.75) is 44.4 Å². The first-order valence-corrected chi connectivity index (χ1v) is 9.04. The third-order valence-electron chi connectivity index (χ3n) is 3.53. The SMILES string of the molecule is CCSC1=C(C#N)C(=O)NC(/C=C/C2CCCCC2)S1. The van der Waals surface area contributed by atoms with Gasteiger partial charge in [0.2, 0.25) is 0 Å². The lowest BCUT2D eigenvalue weighted by molar-refractivity contribution is -0.117. The number of nitrogens with one attached hydrogen (secondary N) is 1. The Morgan fingerprint density at radius 2 is 2.15 bits per heavy atom. The monoisotopic (exact) mass is 308 g/mol. The minimum atomic E-state index is -0.236. The maximum atomic E-state index is 11.9. The van der Waals surface area contributed by atoms with Gasteiger partial charge < -0.3 is 5.32 Å². The number of hydrogen-bond donors (Lipinski definition) is 1. The normalized spacial score (nSPS) is 24.8. The molecule has 0 spiro atoms. The number of allylic oxidation sites excluding steroid dienone is 1. The lowest BCUT2D eigenvalue weighted by atomic mass is 9.89. The van der Waals surface area contributed by atoms with Crippen LogP contribution in [0.5, 0.6) is 0 Å². The number of nitriles is 1. The second-order valence-corrected chi connectivity index (χ2v) is 7.69. The van der Waals surface area contributed by atoms with Crippen LogP contribution in [-0.2, 0) is 4.79 Å². The van der Waals surface area contributed by atoms with Crippen molar-refractivity contribution < 1.29 is 4.79 Å². The largest absolute Gasteiger partial charge is 0.336 e. The third kappa shape index (κ3) is 4.07. The summed E-state index contributed by atoms with van der Waals surface area (Å²) >= 11 is 3.16. The van der Waals surface area contributed by atoms with E-state index < -0.39 is 0 Å². The molecule has 1 N–H and O–H groups in total. The zero-order valence-electron chi connectivity index (χ0n) is 11.7. The van der Waals surface area contributed by atoms with Gasteiger partial charge in [-0.15, -0.1) is 11.8 Å². The summed E-state index contributed by atoms with van der Waals surface area (Å²) in [6, 6.07) is 2.02. The van der Waals surface area contributed by atoms with E-state index in [0.717, 1.165) is 9.99 Å². The second kappa shape index (κ2) is 7.80. The standard InChI is InChI=1S/C15H20N2OS2/c1-2-19-15-12(10-16)14(18)17-13(20-15)9-8-11-6-4-3-5-7-11/h8-9,11,13H,2-7H2,1H3,(H,17,18)/b9-8+. The van der Waals surface area contributed by atoms with Gasteiger partial charge in [0.25, 0.3) is 5.91 Å². The van der Waals surface area contributed by atoms with Gasteiger partial charge in [0.15, 0.2) is 0 Å². The highest BCUT2D eigenvalue weighted by Crippen LogP contribution is 2.37. The highest BCUT2D eigenvalue weighted by Gasteiger charge is 2.26. The highest BCUT2D eigenvalue weighted by atomic mass is 32.2. The zero-order chi connectivity index (χ0) is 14.4. The molecule has 0 bridgehead atoms. The van der Waals surface area contributed by atoms with E-state index in [1.165, 1.54) is 32.1 Å². The molecule has 1 saturated carbocycles. The van der Waals surface area contributed by atoms with Crippen LogP contribution in [0.4, 0.5) is 0 Å². The number of nitrogens with zero attached hydrogens (tertiary/aromatic N) is 1. The van der Waals surface area contributed by atoms with E-state index >= 15 is 0 Å². The molecule has 3 nitrogen and oxygen atoms in total. The average Bonchev–Trinajstić information content (AvgIpc) is 2.46. The number of carbonyl (C=O) groups excluding carboxylic acids is 1. The Kier molecular flexibility index (Phi) is 6.06. The minimum Gasteiger partial charge on any atom is -0.336 e. The fraction of sp³-hybridized carbons (Fsp3) is 0.600. The molecule has 1 aliphatic carbocycles. The van der Waals surface area contributed by atoms with Gasteiger partial charge in [0.1, 0.15) is 11.6 Å². The van der Waals surface area contributed by atoms with E-state index in [2.05, 4.69) is 17.5 Å². The first kappa shape index (κ1) is 15.5. The van der Waals surface area contributed by atoms with Gasteiger partial charge in [-0.2, -0.15) is 5.26 Å². The predicted octanol–water partition coefficient (Wildman–Crippen LogP) is 3.80. The van der Waals surface area contributed by atoms with Crippen LogP contribution in [0.25, 0.3) is 0 Å². The van der Waals surface area contributed by atoms with Crippen molar-refractivity contribution >= 4 is 29.4 Å². The lowest BCUT2D eigenvalue weighted by Crippen LogP contribution is -2.35. The Morgan fingerprint density at radius 1 is 1.40 bits per heavy atom. The Labute approximate surface area is 129 Å². The smallest absolute Gasteiger partial charge is 0.264 e. The summed E-state index contributed by atoms with van der Waals surface area (Å²) < 4.78 is 0.858. The first-order chi connectivity index (χ1) is 9.74. The van der Waals surface area contributed by atoms with Gasteiger partial charge in [0, 0.05) is 0 Å². The minimum absolute atomic E-state index is 0.0319. The molecular weight excluding hydrogens is 288 g/mol. The number of amides is 1. The third-order valence-corrected chi connectivity index (χ3v) is 5.88. The molecule has 1 heterocycles. The molecule has 0 aromatic carbocycles. The van der Waals surface area contributed by atoms with E-state index in [9.17, 15) is 4.79 Å². The van der Waals surface area contributed by atoms with Gasteiger partial charge in [-0.3, -0.25) is 4.79 Å². The quantitative estimate of drug-likeness (QED) is 0.803. The molecule has 2 aliphatic rings. The average molecular weight is 308 g/mol. The topological polar surface area (TPSA) is 52.9 Å². The van der Waals surface area contributed by atoms with E-state index in [0.29, 0.717) is 5.92 Å². The van der Waals surface area contributed by atoms with Crippen LogP contribution in [0.15, 0.2) is 22.0 Å². The molecule has 1 unspecified atom stereocenters. The molecule has 1 amide bonds. The van der Waals surface area contributed by atoms with E-state index in [1.807, 2.05) is 13.0 Å². The summed E-state index contributed by atoms with van der Waals surface area (Å²) in [5, 5.41) is 11.9. The molecule has 108 valence electrons. The van der Waals surface area contributed by atoms with E-state index in [1.54, 1.807) is 23.5 Å². The van der Waals surface area contributed by atoms with Crippen LogP contribution in [0.3, 0.4) is 0 Å². The molecule has 1 atom stereocenters. The lowest BCUT2D eigenvalue weighted by Gasteiger charge is -2.23. The highest BCUT2D eigenvalue weighted by molar-refractivity contribution is 8.22. The second-order valence-electron chi connectivity index (χ2n) is 5.00. The molecule has 1 aliphatic heterocycles. The van der Waals surface area contributed by atoms with Crippen molar-refractivity contribution in [1.82, 2.24) is 5.32 Å². The van der Waals surface area contributed by atoms with Crippen LogP contribution >= 0.6 is 23.5 Å². The van der Waals surface area contributed by atoms with Crippen LogP contribution in [0.2, 0.25) is 0 Å². The Bertz CT molecular complexity index is 459. The van der Waals surface area contributed by atoms with Gasteiger partial charge in [-0.25, -0.2) is 0 Å². The van der Waals surface area contributed by atoms with Crippen LogP contribution in [0.1, 0.15) is 39.0 Å². The van der Waals surface area contributed by atoms with Crippen molar-refractivity contribution in [1.29, 1.82) is 5.26 Å². The van der Waals surface area contributed by atoms with Gasteiger partial charge >= 0.3 is 0 Å². The number of rotatable bonds is 4. The molecule has 0 aromatic heterocycles. The molecule has 0 radical (unpaired) electrons. The van der Waals surface area contributed by atoms with E-state index in [-0.39, 0.29) is 16.9 Å². The molecule has 20 heavy (non-hydrogen) atoms. The fourth-order valence-electron chi connectivity index (χ4n) is 2.50. The summed E-state index contributed by atoms with van der Waals surface area (Å²) in [5.41, 5.74) is 0.268. The van der Waals surface area contributed by atoms with Gasteiger partial charge in [-0.1, -0.05) is 50.1 Å². The number of carbonyl (C=O) groups is 1. The van der Waals surface area contributed by atoms with Gasteiger partial charge in [-0.05, 0) is 24.5 Å². The summed E-state index contributed by atoms with van der Waals surface area (Å²) in [5.74, 6) is 1.30. The molecule has 1 fully saturated rings.